The van der Waals surface area contributed by atoms with Gasteiger partial charge in [-0.1, -0.05) is 39.1 Å². The van der Waals surface area contributed by atoms with Crippen molar-refractivity contribution in [2.24, 2.45) is 0 Å². The van der Waals surface area contributed by atoms with Crippen molar-refractivity contribution in [3.05, 3.63) is 27.7 Å². The van der Waals surface area contributed by atoms with Crippen LogP contribution >= 0.6 is 39.1 Å². The number of alkyl halides is 1. The first-order valence-corrected chi connectivity index (χ1v) is 5.27. The molecule has 0 atom stereocenters. The summed E-state index contributed by atoms with van der Waals surface area (Å²) in [6.07, 6.45) is 0. The Balaban J connectivity index is 3.28. The third-order valence-corrected chi connectivity index (χ3v) is 2.56. The van der Waals surface area contributed by atoms with E-state index in [1.165, 1.54) is 12.1 Å². The van der Waals surface area contributed by atoms with Gasteiger partial charge in [0.25, 0.3) is 0 Å². The lowest BCUT2D eigenvalue weighted by molar-refractivity contribution is 0.102. The van der Waals surface area contributed by atoms with Crippen molar-refractivity contribution in [1.82, 2.24) is 0 Å². The third-order valence-electron chi connectivity index (χ3n) is 1.52. The molecule has 0 radical (unpaired) electrons. The molecule has 0 bridgehead atoms. The van der Waals surface area contributed by atoms with Crippen molar-refractivity contribution in [2.75, 3.05) is 11.1 Å². The Bertz CT molecular complexity index is 354. The van der Waals surface area contributed by atoms with Crippen LogP contribution in [0.25, 0.3) is 0 Å². The van der Waals surface area contributed by atoms with E-state index in [0.29, 0.717) is 15.6 Å². The van der Waals surface area contributed by atoms with E-state index < -0.39 is 0 Å². The SMILES string of the molecule is Nc1c(Cl)cc(Cl)cc1C(=O)CBr. The molecule has 0 aliphatic heterocycles. The molecule has 1 aromatic carbocycles. The number of Topliss-reactive ketones (excluding diaryl/α,β-unsaturated/α-hetero) is 1. The van der Waals surface area contributed by atoms with Crippen LogP contribution in [0, 0.1) is 0 Å². The van der Waals surface area contributed by atoms with Crippen LogP contribution in [0.4, 0.5) is 5.69 Å². The molecule has 5 heteroatoms. The van der Waals surface area contributed by atoms with Crippen molar-refractivity contribution in [3.63, 3.8) is 0 Å². The zero-order chi connectivity index (χ0) is 10.0. The van der Waals surface area contributed by atoms with Gasteiger partial charge in [0.05, 0.1) is 16.0 Å². The van der Waals surface area contributed by atoms with Gasteiger partial charge >= 0.3 is 0 Å². The van der Waals surface area contributed by atoms with Crippen LogP contribution in [0.1, 0.15) is 10.4 Å². The largest absolute Gasteiger partial charge is 0.397 e. The van der Waals surface area contributed by atoms with Gasteiger partial charge in [-0.2, -0.15) is 0 Å². The Hall–Kier alpha value is -0.250. The smallest absolute Gasteiger partial charge is 0.175 e. The Kier molecular flexibility index (Phi) is 3.59. The van der Waals surface area contributed by atoms with Crippen LogP contribution in [0.5, 0.6) is 0 Å². The number of carbonyl (C=O) groups excluding carboxylic acids is 1. The summed E-state index contributed by atoms with van der Waals surface area (Å²) >= 11 is 14.5. The molecule has 0 heterocycles. The number of benzene rings is 1. The molecule has 1 aromatic rings. The van der Waals surface area contributed by atoms with E-state index in [4.69, 9.17) is 28.9 Å². The molecular formula is C8H6BrCl2NO. The molecule has 0 saturated carbocycles. The lowest BCUT2D eigenvalue weighted by atomic mass is 10.1. The van der Waals surface area contributed by atoms with Gasteiger partial charge in [0.1, 0.15) is 0 Å². The Morgan fingerprint density at radius 3 is 2.62 bits per heavy atom. The second kappa shape index (κ2) is 4.31. The molecule has 1 rings (SSSR count). The number of ketones is 1. The number of nitrogens with two attached hydrogens (primary N) is 1. The van der Waals surface area contributed by atoms with Crippen molar-refractivity contribution in [1.29, 1.82) is 0 Å². The minimum absolute atomic E-state index is 0.137. The van der Waals surface area contributed by atoms with Crippen LogP contribution in [-0.2, 0) is 0 Å². The monoisotopic (exact) mass is 281 g/mol. The van der Waals surface area contributed by atoms with E-state index in [1.807, 2.05) is 0 Å². The first-order valence-electron chi connectivity index (χ1n) is 3.40. The normalized spacial score (nSPS) is 10.1. The maximum atomic E-state index is 11.3. The molecule has 0 aliphatic rings. The predicted molar refractivity (Wildman–Crippen MR) is 59.0 cm³/mol. The zero-order valence-corrected chi connectivity index (χ0v) is 9.58. The highest BCUT2D eigenvalue weighted by atomic mass is 79.9. The maximum absolute atomic E-state index is 11.3. The molecule has 2 nitrogen and oxygen atoms in total. The summed E-state index contributed by atoms with van der Waals surface area (Å²) in [5.41, 5.74) is 6.23. The molecule has 0 unspecified atom stereocenters. The number of hydrogen-bond donors (Lipinski definition) is 1. The van der Waals surface area contributed by atoms with Crippen molar-refractivity contribution in [2.45, 2.75) is 0 Å². The summed E-state index contributed by atoms with van der Waals surface area (Å²) < 4.78 is 0. The standard InChI is InChI=1S/C8H6BrCl2NO/c9-3-7(13)5-1-4(10)2-6(11)8(5)12/h1-2H,3,12H2. The highest BCUT2D eigenvalue weighted by Gasteiger charge is 2.11. The second-order valence-electron chi connectivity index (χ2n) is 2.41. The number of anilines is 1. The average molecular weight is 283 g/mol. The lowest BCUT2D eigenvalue weighted by Gasteiger charge is -2.05. The first-order chi connectivity index (χ1) is 6.06. The van der Waals surface area contributed by atoms with E-state index >= 15 is 0 Å². The van der Waals surface area contributed by atoms with E-state index in [1.54, 1.807) is 0 Å². The van der Waals surface area contributed by atoms with Crippen molar-refractivity contribution < 1.29 is 4.79 Å². The molecule has 0 spiro atoms. The fraction of sp³-hybridized carbons (Fsp3) is 0.125. The lowest BCUT2D eigenvalue weighted by Crippen LogP contribution is -2.05. The van der Waals surface area contributed by atoms with Gasteiger partial charge in [-0.3, -0.25) is 4.79 Å². The molecule has 0 amide bonds. The van der Waals surface area contributed by atoms with Gasteiger partial charge in [0.2, 0.25) is 0 Å². The number of carbonyl (C=O) groups is 1. The molecule has 0 fully saturated rings. The van der Waals surface area contributed by atoms with Crippen LogP contribution in [0.15, 0.2) is 12.1 Å². The van der Waals surface area contributed by atoms with Gasteiger partial charge in [0.15, 0.2) is 5.78 Å². The summed E-state index contributed by atoms with van der Waals surface area (Å²) in [4.78, 5) is 11.3. The van der Waals surface area contributed by atoms with E-state index in [2.05, 4.69) is 15.9 Å². The molecule has 0 saturated heterocycles. The highest BCUT2D eigenvalue weighted by Crippen LogP contribution is 2.27. The summed E-state index contributed by atoms with van der Waals surface area (Å²) in [6.45, 7) is 0. The maximum Gasteiger partial charge on any atom is 0.175 e. The number of nitrogen functional groups attached to an aromatic ring is 1. The van der Waals surface area contributed by atoms with E-state index in [0.717, 1.165) is 0 Å². The van der Waals surface area contributed by atoms with Gasteiger partial charge in [-0.25, -0.2) is 0 Å². The highest BCUT2D eigenvalue weighted by molar-refractivity contribution is 9.09. The molecule has 2 N–H and O–H groups in total. The Morgan fingerprint density at radius 1 is 1.46 bits per heavy atom. The quantitative estimate of drug-likeness (QED) is 0.514. The topological polar surface area (TPSA) is 43.1 Å². The molecule has 70 valence electrons. The Morgan fingerprint density at radius 2 is 2.08 bits per heavy atom. The summed E-state index contributed by atoms with van der Waals surface area (Å²) in [7, 11) is 0. The van der Waals surface area contributed by atoms with Crippen molar-refractivity contribution in [3.8, 4) is 0 Å². The minimum Gasteiger partial charge on any atom is -0.397 e. The predicted octanol–water partition coefficient (Wildman–Crippen LogP) is 3.15. The average Bonchev–Trinajstić information content (AvgIpc) is 2.10. The van der Waals surface area contributed by atoms with Gasteiger partial charge in [-0.05, 0) is 12.1 Å². The van der Waals surface area contributed by atoms with Gasteiger partial charge in [0, 0.05) is 10.6 Å². The molecule has 0 aromatic heterocycles. The number of rotatable bonds is 2. The number of halogens is 3. The van der Waals surface area contributed by atoms with Gasteiger partial charge in [-0.15, -0.1) is 0 Å². The summed E-state index contributed by atoms with van der Waals surface area (Å²) in [6, 6.07) is 3.01. The molecule has 0 aliphatic carbocycles. The molecular weight excluding hydrogens is 277 g/mol. The molecule has 13 heavy (non-hydrogen) atoms. The van der Waals surface area contributed by atoms with E-state index in [9.17, 15) is 4.79 Å². The van der Waals surface area contributed by atoms with Crippen LogP contribution < -0.4 is 5.73 Å². The second-order valence-corrected chi connectivity index (χ2v) is 3.81. The fourth-order valence-corrected chi connectivity index (χ4v) is 1.68. The van der Waals surface area contributed by atoms with Crippen LogP contribution in [0.2, 0.25) is 10.0 Å². The van der Waals surface area contributed by atoms with Crippen LogP contribution in [0.3, 0.4) is 0 Å². The number of hydrogen-bond acceptors (Lipinski definition) is 2. The van der Waals surface area contributed by atoms with Crippen LogP contribution in [-0.4, -0.2) is 11.1 Å². The minimum atomic E-state index is -0.137. The summed E-state index contributed by atoms with van der Waals surface area (Å²) in [5.74, 6) is -0.137. The Labute approximate surface area is 94.1 Å². The first kappa shape index (κ1) is 10.8. The zero-order valence-electron chi connectivity index (χ0n) is 6.48. The third kappa shape index (κ3) is 2.36. The summed E-state index contributed by atoms with van der Waals surface area (Å²) in [5, 5.41) is 0.911. The van der Waals surface area contributed by atoms with E-state index in [-0.39, 0.29) is 16.8 Å². The fourth-order valence-electron chi connectivity index (χ4n) is 0.887. The van der Waals surface area contributed by atoms with Crippen molar-refractivity contribution >= 4 is 50.6 Å². The van der Waals surface area contributed by atoms with Gasteiger partial charge < -0.3 is 5.73 Å².